The molecule has 0 spiro atoms. The Morgan fingerprint density at radius 3 is 2.94 bits per heavy atom. The largest absolute Gasteiger partial charge is 0.389 e. The van der Waals surface area contributed by atoms with E-state index in [0.29, 0.717) is 0 Å². The zero-order valence-electron chi connectivity index (χ0n) is 10.6. The summed E-state index contributed by atoms with van der Waals surface area (Å²) >= 11 is 3.49. The number of rotatable bonds is 5. The number of aromatic nitrogens is 1. The number of hydrogen-bond acceptors (Lipinski definition) is 4. The van der Waals surface area contributed by atoms with Crippen molar-refractivity contribution >= 4 is 23.1 Å². The van der Waals surface area contributed by atoms with E-state index in [2.05, 4.69) is 23.4 Å². The van der Waals surface area contributed by atoms with Crippen molar-refractivity contribution in [3.8, 4) is 0 Å². The molecule has 2 nitrogen and oxygen atoms in total. The van der Waals surface area contributed by atoms with E-state index in [1.165, 1.54) is 9.90 Å². The van der Waals surface area contributed by atoms with Gasteiger partial charge in [-0.15, -0.1) is 23.1 Å². The van der Waals surface area contributed by atoms with Gasteiger partial charge in [-0.2, -0.15) is 0 Å². The molecule has 1 atom stereocenters. The molecule has 0 amide bonds. The van der Waals surface area contributed by atoms with Crippen LogP contribution in [0.5, 0.6) is 0 Å². The van der Waals surface area contributed by atoms with Gasteiger partial charge in [-0.05, 0) is 31.0 Å². The second-order valence-electron chi connectivity index (χ2n) is 4.12. The van der Waals surface area contributed by atoms with Gasteiger partial charge in [-0.3, -0.25) is 0 Å². The second-order valence-corrected chi connectivity index (χ2v) is 6.11. The zero-order chi connectivity index (χ0) is 13.0. The van der Waals surface area contributed by atoms with E-state index >= 15 is 0 Å². The van der Waals surface area contributed by atoms with Crippen molar-refractivity contribution in [2.45, 2.75) is 37.0 Å². The fourth-order valence-electron chi connectivity index (χ4n) is 1.60. The molecule has 2 aromatic rings. The number of hydrogen-bond donors (Lipinski definition) is 1. The Morgan fingerprint density at radius 2 is 2.28 bits per heavy atom. The first kappa shape index (κ1) is 13.6. The highest BCUT2D eigenvalue weighted by Gasteiger charge is 2.04. The van der Waals surface area contributed by atoms with Crippen LogP contribution in [-0.4, -0.2) is 10.1 Å². The minimum absolute atomic E-state index is 0.406. The van der Waals surface area contributed by atoms with Gasteiger partial charge in [-0.25, -0.2) is 4.98 Å². The molecule has 1 aromatic heterocycles. The van der Waals surface area contributed by atoms with E-state index in [1.54, 1.807) is 30.0 Å². The molecule has 1 aromatic carbocycles. The number of nitrogens with zero attached hydrogens (tertiary/aromatic N) is 1. The predicted octanol–water partition coefficient (Wildman–Crippen LogP) is 4.05. The van der Waals surface area contributed by atoms with E-state index in [-0.39, 0.29) is 0 Å². The molecule has 2 rings (SSSR count). The molecule has 0 radical (unpaired) electrons. The normalized spacial score (nSPS) is 12.6. The van der Waals surface area contributed by atoms with Gasteiger partial charge in [0.25, 0.3) is 0 Å². The topological polar surface area (TPSA) is 33.1 Å². The lowest BCUT2D eigenvalue weighted by atomic mass is 10.1. The number of benzene rings is 1. The van der Waals surface area contributed by atoms with E-state index < -0.39 is 6.10 Å². The van der Waals surface area contributed by atoms with Crippen molar-refractivity contribution < 1.29 is 5.11 Å². The summed E-state index contributed by atoms with van der Waals surface area (Å²) in [6, 6.07) is 8.06. The fraction of sp³-hybridized carbons (Fsp3) is 0.357. The summed E-state index contributed by atoms with van der Waals surface area (Å²) in [6.45, 7) is 3.92. The molecule has 18 heavy (non-hydrogen) atoms. The first-order chi connectivity index (χ1) is 8.69. The Kier molecular flexibility index (Phi) is 4.80. The summed E-state index contributed by atoms with van der Waals surface area (Å²) in [5.74, 6) is 0.889. The molecule has 96 valence electrons. The highest BCUT2D eigenvalue weighted by atomic mass is 32.2. The highest BCUT2D eigenvalue weighted by molar-refractivity contribution is 7.98. The second kappa shape index (κ2) is 6.36. The summed E-state index contributed by atoms with van der Waals surface area (Å²) in [5.41, 5.74) is 2.11. The van der Waals surface area contributed by atoms with Crippen LogP contribution in [0.2, 0.25) is 0 Å². The molecule has 1 heterocycles. The lowest BCUT2D eigenvalue weighted by Crippen LogP contribution is -1.90. The van der Waals surface area contributed by atoms with Crippen molar-refractivity contribution in [2.75, 3.05) is 0 Å². The molecule has 0 saturated carbocycles. The van der Waals surface area contributed by atoms with Crippen LogP contribution in [0.3, 0.4) is 0 Å². The van der Waals surface area contributed by atoms with Crippen molar-refractivity contribution in [1.82, 2.24) is 4.98 Å². The molecule has 0 bridgehead atoms. The van der Waals surface area contributed by atoms with Crippen LogP contribution in [0, 0.1) is 0 Å². The van der Waals surface area contributed by atoms with Crippen molar-refractivity contribution in [3.63, 3.8) is 0 Å². The quantitative estimate of drug-likeness (QED) is 0.838. The molecular formula is C14H17NOS2. The van der Waals surface area contributed by atoms with Crippen LogP contribution in [0.15, 0.2) is 34.5 Å². The number of aliphatic hydroxyl groups is 1. The summed E-state index contributed by atoms with van der Waals surface area (Å²) in [7, 11) is 0. The number of thiazole rings is 1. The highest BCUT2D eigenvalue weighted by Crippen LogP contribution is 2.26. The minimum atomic E-state index is -0.406. The third kappa shape index (κ3) is 3.57. The third-order valence-electron chi connectivity index (χ3n) is 2.63. The molecule has 1 unspecified atom stereocenters. The number of aryl methyl sites for hydroxylation is 1. The van der Waals surface area contributed by atoms with Crippen molar-refractivity contribution in [3.05, 3.63) is 45.9 Å². The molecule has 4 heteroatoms. The fourth-order valence-corrected chi connectivity index (χ4v) is 3.31. The number of aliphatic hydroxyl groups excluding tert-OH is 1. The lowest BCUT2D eigenvalue weighted by molar-refractivity contribution is 0.199. The molecule has 0 saturated heterocycles. The summed E-state index contributed by atoms with van der Waals surface area (Å²) in [4.78, 5) is 5.73. The average molecular weight is 279 g/mol. The first-order valence-electron chi connectivity index (χ1n) is 6.03. The van der Waals surface area contributed by atoms with Gasteiger partial charge in [0.05, 0.1) is 16.8 Å². The average Bonchev–Trinajstić information content (AvgIpc) is 2.84. The first-order valence-corrected chi connectivity index (χ1v) is 7.89. The molecular weight excluding hydrogens is 262 g/mol. The summed E-state index contributed by atoms with van der Waals surface area (Å²) in [6.07, 6.45) is 0.601. The zero-order valence-corrected chi connectivity index (χ0v) is 12.2. The SMILES string of the molecule is CCc1nc(CSc2cccc(C(C)O)c2)cs1. The molecule has 0 aliphatic heterocycles. The van der Waals surface area contributed by atoms with E-state index in [9.17, 15) is 5.11 Å². The van der Waals surface area contributed by atoms with Gasteiger partial charge < -0.3 is 5.11 Å². The third-order valence-corrected chi connectivity index (χ3v) is 4.70. The van der Waals surface area contributed by atoms with Gasteiger partial charge in [0.15, 0.2) is 0 Å². The monoisotopic (exact) mass is 279 g/mol. The number of thioether (sulfide) groups is 1. The Bertz CT molecular complexity index is 508. The minimum Gasteiger partial charge on any atom is -0.389 e. The Hall–Kier alpha value is -0.840. The molecule has 1 N–H and O–H groups in total. The Labute approximate surface area is 116 Å². The van der Waals surface area contributed by atoms with Gasteiger partial charge >= 0.3 is 0 Å². The van der Waals surface area contributed by atoms with Gasteiger partial charge in [0.1, 0.15) is 0 Å². The predicted molar refractivity (Wildman–Crippen MR) is 78.1 cm³/mol. The maximum Gasteiger partial charge on any atom is 0.0925 e. The van der Waals surface area contributed by atoms with Gasteiger partial charge in [-0.1, -0.05) is 19.1 Å². The van der Waals surface area contributed by atoms with Crippen LogP contribution in [-0.2, 0) is 12.2 Å². The van der Waals surface area contributed by atoms with Gasteiger partial charge in [0.2, 0.25) is 0 Å². The Balaban J connectivity index is 1.99. The smallest absolute Gasteiger partial charge is 0.0925 e. The van der Waals surface area contributed by atoms with Crippen LogP contribution in [0.1, 0.15) is 36.2 Å². The van der Waals surface area contributed by atoms with Crippen LogP contribution in [0.25, 0.3) is 0 Å². The summed E-state index contributed by atoms with van der Waals surface area (Å²) in [5, 5.41) is 12.9. The molecule has 0 aliphatic carbocycles. The van der Waals surface area contributed by atoms with Crippen molar-refractivity contribution in [1.29, 1.82) is 0 Å². The summed E-state index contributed by atoms with van der Waals surface area (Å²) < 4.78 is 0. The van der Waals surface area contributed by atoms with Gasteiger partial charge in [0, 0.05) is 16.0 Å². The lowest BCUT2D eigenvalue weighted by Gasteiger charge is -2.06. The van der Waals surface area contributed by atoms with Crippen molar-refractivity contribution in [2.24, 2.45) is 0 Å². The van der Waals surface area contributed by atoms with E-state index in [1.807, 2.05) is 18.2 Å². The van der Waals surface area contributed by atoms with E-state index in [0.717, 1.165) is 23.4 Å². The maximum atomic E-state index is 9.55. The van der Waals surface area contributed by atoms with Crippen LogP contribution < -0.4 is 0 Å². The molecule has 0 fully saturated rings. The van der Waals surface area contributed by atoms with E-state index in [4.69, 9.17) is 0 Å². The maximum absolute atomic E-state index is 9.55. The standard InChI is InChI=1S/C14H17NOS2/c1-3-14-15-12(9-18-14)8-17-13-6-4-5-11(7-13)10(2)16/h4-7,9-10,16H,3,8H2,1-2H3. The van der Waals surface area contributed by atoms with Crippen LogP contribution in [0.4, 0.5) is 0 Å². The molecule has 0 aliphatic rings. The Morgan fingerprint density at radius 1 is 1.44 bits per heavy atom. The van der Waals surface area contributed by atoms with Crippen LogP contribution >= 0.6 is 23.1 Å².